The van der Waals surface area contributed by atoms with Gasteiger partial charge in [0.2, 0.25) is 0 Å². The zero-order valence-electron chi connectivity index (χ0n) is 9.94. The second kappa shape index (κ2) is 5.39. The van der Waals surface area contributed by atoms with Crippen LogP contribution in [0, 0.1) is 6.92 Å². The Morgan fingerprint density at radius 2 is 1.94 bits per heavy atom. The molecule has 1 rings (SSSR count). The Labute approximate surface area is 95.1 Å². The van der Waals surface area contributed by atoms with Crippen LogP contribution in [0.4, 0.5) is 0 Å². The van der Waals surface area contributed by atoms with Gasteiger partial charge < -0.3 is 14.2 Å². The highest BCUT2D eigenvalue weighted by Gasteiger charge is 2.16. The van der Waals surface area contributed by atoms with Crippen LogP contribution in [0.2, 0.25) is 0 Å². The Kier molecular flexibility index (Phi) is 4.17. The molecule has 0 bridgehead atoms. The molecular weight excluding hydrogens is 208 g/mol. The zero-order chi connectivity index (χ0) is 12.1. The Morgan fingerprint density at radius 1 is 1.25 bits per heavy atom. The molecule has 0 fully saturated rings. The molecule has 0 unspecified atom stereocenters. The third-order valence-corrected chi connectivity index (χ3v) is 2.16. The van der Waals surface area contributed by atoms with E-state index in [1.54, 1.807) is 20.1 Å². The summed E-state index contributed by atoms with van der Waals surface area (Å²) in [5.41, 5.74) is 1.06. The van der Waals surface area contributed by atoms with Crippen molar-refractivity contribution in [1.82, 2.24) is 0 Å². The van der Waals surface area contributed by atoms with Crippen molar-refractivity contribution in [2.45, 2.75) is 20.0 Å². The van der Waals surface area contributed by atoms with E-state index in [4.69, 9.17) is 9.47 Å². The minimum atomic E-state index is -0.651. The van der Waals surface area contributed by atoms with E-state index in [0.29, 0.717) is 11.5 Å². The van der Waals surface area contributed by atoms with E-state index in [1.165, 1.54) is 7.11 Å². The van der Waals surface area contributed by atoms with Crippen molar-refractivity contribution in [1.29, 1.82) is 0 Å². The first-order valence-corrected chi connectivity index (χ1v) is 4.97. The molecule has 0 aliphatic heterocycles. The van der Waals surface area contributed by atoms with E-state index in [2.05, 4.69) is 4.74 Å². The van der Waals surface area contributed by atoms with Gasteiger partial charge in [-0.15, -0.1) is 0 Å². The minimum Gasteiger partial charge on any atom is -0.493 e. The summed E-state index contributed by atoms with van der Waals surface area (Å²) in [7, 11) is 2.89. The van der Waals surface area contributed by atoms with Crippen molar-refractivity contribution in [3.05, 3.63) is 23.8 Å². The molecule has 4 nitrogen and oxygen atoms in total. The SMILES string of the molecule is COC(=O)[C@@H](C)Oc1ccc(C)cc1OC. The molecule has 0 amide bonds. The van der Waals surface area contributed by atoms with Crippen molar-refractivity contribution in [3.8, 4) is 11.5 Å². The first kappa shape index (κ1) is 12.4. The fraction of sp³-hybridized carbons (Fsp3) is 0.417. The summed E-state index contributed by atoms with van der Waals surface area (Å²) in [6, 6.07) is 5.51. The van der Waals surface area contributed by atoms with Gasteiger partial charge in [0.25, 0.3) is 0 Å². The molecule has 4 heteroatoms. The molecule has 88 valence electrons. The Bertz CT molecular complexity index is 373. The molecule has 0 aromatic heterocycles. The first-order valence-electron chi connectivity index (χ1n) is 4.97. The van der Waals surface area contributed by atoms with Crippen LogP contribution in [0.3, 0.4) is 0 Å². The van der Waals surface area contributed by atoms with E-state index < -0.39 is 12.1 Å². The number of carbonyl (C=O) groups is 1. The summed E-state index contributed by atoms with van der Waals surface area (Å²) < 4.78 is 15.2. The van der Waals surface area contributed by atoms with Gasteiger partial charge in [-0.1, -0.05) is 6.07 Å². The van der Waals surface area contributed by atoms with Crippen molar-refractivity contribution in [3.63, 3.8) is 0 Å². The van der Waals surface area contributed by atoms with Gasteiger partial charge in [-0.25, -0.2) is 4.79 Å². The zero-order valence-corrected chi connectivity index (χ0v) is 9.94. The summed E-state index contributed by atoms with van der Waals surface area (Å²) in [5, 5.41) is 0. The predicted molar refractivity (Wildman–Crippen MR) is 59.8 cm³/mol. The number of rotatable bonds is 4. The van der Waals surface area contributed by atoms with Gasteiger partial charge in [0.05, 0.1) is 14.2 Å². The molecule has 0 radical (unpaired) electrons. The lowest BCUT2D eigenvalue weighted by atomic mass is 10.2. The van der Waals surface area contributed by atoms with E-state index in [0.717, 1.165) is 5.56 Å². The van der Waals surface area contributed by atoms with Crippen LogP contribution >= 0.6 is 0 Å². The Hall–Kier alpha value is -1.71. The van der Waals surface area contributed by atoms with Gasteiger partial charge in [-0.3, -0.25) is 0 Å². The molecular formula is C12H16O4. The molecule has 0 saturated carbocycles. The van der Waals surface area contributed by atoms with Crippen LogP contribution in [0.25, 0.3) is 0 Å². The highest BCUT2D eigenvalue weighted by molar-refractivity contribution is 5.74. The molecule has 0 N–H and O–H groups in total. The highest BCUT2D eigenvalue weighted by Crippen LogP contribution is 2.28. The van der Waals surface area contributed by atoms with Crippen LogP contribution in [0.5, 0.6) is 11.5 Å². The summed E-state index contributed by atoms with van der Waals surface area (Å²) in [6.07, 6.45) is -0.651. The molecule has 0 aliphatic carbocycles. The van der Waals surface area contributed by atoms with Crippen molar-refractivity contribution in [2.75, 3.05) is 14.2 Å². The second-order valence-corrected chi connectivity index (χ2v) is 3.44. The molecule has 0 saturated heterocycles. The van der Waals surface area contributed by atoms with E-state index in [9.17, 15) is 4.79 Å². The van der Waals surface area contributed by atoms with Gasteiger partial charge in [0.15, 0.2) is 17.6 Å². The van der Waals surface area contributed by atoms with E-state index >= 15 is 0 Å². The molecule has 1 aromatic carbocycles. The first-order chi connectivity index (χ1) is 7.58. The fourth-order valence-corrected chi connectivity index (χ4v) is 1.28. The second-order valence-electron chi connectivity index (χ2n) is 3.44. The molecule has 16 heavy (non-hydrogen) atoms. The quantitative estimate of drug-likeness (QED) is 0.733. The molecule has 0 aliphatic rings. The largest absolute Gasteiger partial charge is 0.493 e. The Balaban J connectivity index is 2.84. The topological polar surface area (TPSA) is 44.8 Å². The summed E-state index contributed by atoms with van der Waals surface area (Å²) in [5.74, 6) is 0.726. The average molecular weight is 224 g/mol. The van der Waals surface area contributed by atoms with Crippen LogP contribution < -0.4 is 9.47 Å². The number of ether oxygens (including phenoxy) is 3. The average Bonchev–Trinajstić information content (AvgIpc) is 2.30. The lowest BCUT2D eigenvalue weighted by Gasteiger charge is -2.15. The number of hydrogen-bond donors (Lipinski definition) is 0. The van der Waals surface area contributed by atoms with Crippen LogP contribution in [-0.4, -0.2) is 26.3 Å². The van der Waals surface area contributed by atoms with Gasteiger partial charge in [0.1, 0.15) is 0 Å². The lowest BCUT2D eigenvalue weighted by molar-refractivity contribution is -0.147. The fourth-order valence-electron chi connectivity index (χ4n) is 1.28. The Morgan fingerprint density at radius 3 is 2.50 bits per heavy atom. The van der Waals surface area contributed by atoms with Gasteiger partial charge >= 0.3 is 5.97 Å². The molecule has 1 atom stereocenters. The number of aryl methyl sites for hydroxylation is 1. The van der Waals surface area contributed by atoms with E-state index in [-0.39, 0.29) is 0 Å². The summed E-state index contributed by atoms with van der Waals surface area (Å²) in [6.45, 7) is 3.58. The van der Waals surface area contributed by atoms with Crippen LogP contribution in [0.1, 0.15) is 12.5 Å². The lowest BCUT2D eigenvalue weighted by Crippen LogP contribution is -2.25. The maximum atomic E-state index is 11.2. The molecule has 0 heterocycles. The summed E-state index contributed by atoms with van der Waals surface area (Å²) in [4.78, 5) is 11.2. The summed E-state index contributed by atoms with van der Waals surface area (Å²) >= 11 is 0. The maximum Gasteiger partial charge on any atom is 0.346 e. The number of carbonyl (C=O) groups excluding carboxylic acids is 1. The predicted octanol–water partition coefficient (Wildman–Crippen LogP) is 1.94. The van der Waals surface area contributed by atoms with E-state index in [1.807, 2.05) is 19.1 Å². The minimum absolute atomic E-state index is 0.414. The van der Waals surface area contributed by atoms with Gasteiger partial charge in [-0.2, -0.15) is 0 Å². The van der Waals surface area contributed by atoms with Gasteiger partial charge in [-0.05, 0) is 31.5 Å². The number of methoxy groups -OCH3 is 2. The third kappa shape index (κ3) is 2.89. The molecule has 1 aromatic rings. The standard InChI is InChI=1S/C12H16O4/c1-8-5-6-10(11(7-8)14-3)16-9(2)12(13)15-4/h5-7,9H,1-4H3/t9-/m1/s1. The van der Waals surface area contributed by atoms with Crippen molar-refractivity contribution < 1.29 is 19.0 Å². The van der Waals surface area contributed by atoms with Gasteiger partial charge in [0, 0.05) is 0 Å². The van der Waals surface area contributed by atoms with Crippen molar-refractivity contribution >= 4 is 5.97 Å². The number of esters is 1. The van der Waals surface area contributed by atoms with Crippen molar-refractivity contribution in [2.24, 2.45) is 0 Å². The van der Waals surface area contributed by atoms with Crippen LogP contribution in [-0.2, 0) is 9.53 Å². The monoisotopic (exact) mass is 224 g/mol. The molecule has 0 spiro atoms. The number of hydrogen-bond acceptors (Lipinski definition) is 4. The third-order valence-electron chi connectivity index (χ3n) is 2.16. The number of benzene rings is 1. The maximum absolute atomic E-state index is 11.2. The smallest absolute Gasteiger partial charge is 0.346 e. The highest BCUT2D eigenvalue weighted by atomic mass is 16.6. The normalized spacial score (nSPS) is 11.8. The van der Waals surface area contributed by atoms with Crippen LogP contribution in [0.15, 0.2) is 18.2 Å².